The predicted octanol–water partition coefficient (Wildman–Crippen LogP) is 4.24. The molecule has 17 heavy (non-hydrogen) atoms. The first-order valence-corrected chi connectivity index (χ1v) is 6.83. The highest BCUT2D eigenvalue weighted by molar-refractivity contribution is 8.08. The first-order valence-electron chi connectivity index (χ1n) is 5.13. The van der Waals surface area contributed by atoms with Crippen molar-refractivity contribution in [3.8, 4) is 11.5 Å². The zero-order chi connectivity index (χ0) is 11.7. The lowest BCUT2D eigenvalue weighted by Gasteiger charge is -2.16. The lowest BCUT2D eigenvalue weighted by atomic mass is 10.3. The Bertz CT molecular complexity index is 559. The summed E-state index contributed by atoms with van der Waals surface area (Å²) >= 11 is 3.42. The Balaban J connectivity index is 1.94. The number of hydrogen-bond acceptors (Lipinski definition) is 4. The van der Waals surface area contributed by atoms with E-state index in [9.17, 15) is 0 Å². The van der Waals surface area contributed by atoms with E-state index in [1.165, 1.54) is 4.88 Å². The molecule has 0 amide bonds. The molecule has 0 saturated carbocycles. The molecule has 0 fully saturated rings. The van der Waals surface area contributed by atoms with Gasteiger partial charge in [0.25, 0.3) is 0 Å². The number of thioether (sulfide) groups is 1. The van der Waals surface area contributed by atoms with Gasteiger partial charge < -0.3 is 9.47 Å². The van der Waals surface area contributed by atoms with E-state index < -0.39 is 0 Å². The highest BCUT2D eigenvalue weighted by Gasteiger charge is 2.16. The van der Waals surface area contributed by atoms with Crippen molar-refractivity contribution in [2.75, 3.05) is 7.11 Å². The average molecular weight is 262 g/mol. The van der Waals surface area contributed by atoms with Gasteiger partial charge in [0, 0.05) is 4.88 Å². The lowest BCUT2D eigenvalue weighted by molar-refractivity contribution is 0.410. The highest BCUT2D eigenvalue weighted by Crippen LogP contribution is 2.45. The molecule has 1 aliphatic heterocycles. The predicted molar refractivity (Wildman–Crippen MR) is 71.8 cm³/mol. The minimum Gasteiger partial charge on any atom is -0.497 e. The molecular formula is C13H10O2S2. The molecule has 3 rings (SSSR count). The van der Waals surface area contributed by atoms with E-state index in [0.717, 1.165) is 21.3 Å². The van der Waals surface area contributed by atoms with E-state index in [2.05, 4.69) is 11.4 Å². The Morgan fingerprint density at radius 1 is 1.24 bits per heavy atom. The second-order valence-electron chi connectivity index (χ2n) is 3.49. The molecule has 0 N–H and O–H groups in total. The average Bonchev–Trinajstić information content (AvgIpc) is 2.91. The summed E-state index contributed by atoms with van der Waals surface area (Å²) in [6, 6.07) is 9.98. The summed E-state index contributed by atoms with van der Waals surface area (Å²) < 4.78 is 10.8. The fraction of sp³-hybridized carbons (Fsp3) is 0.0769. The monoisotopic (exact) mass is 262 g/mol. The molecule has 0 aliphatic carbocycles. The summed E-state index contributed by atoms with van der Waals surface area (Å²) in [6.07, 6.45) is 1.81. The fourth-order valence-corrected chi connectivity index (χ4v) is 3.37. The third-order valence-corrected chi connectivity index (χ3v) is 4.54. The van der Waals surface area contributed by atoms with Gasteiger partial charge in [0.05, 0.1) is 16.9 Å². The molecule has 2 heterocycles. The van der Waals surface area contributed by atoms with E-state index in [1.54, 1.807) is 30.2 Å². The van der Waals surface area contributed by atoms with Gasteiger partial charge in [-0.2, -0.15) is 0 Å². The Labute approximate surface area is 108 Å². The third kappa shape index (κ3) is 2.06. The van der Waals surface area contributed by atoms with E-state index >= 15 is 0 Å². The van der Waals surface area contributed by atoms with Crippen LogP contribution in [0.25, 0.3) is 4.91 Å². The molecule has 2 nitrogen and oxygen atoms in total. The van der Waals surface area contributed by atoms with Gasteiger partial charge >= 0.3 is 0 Å². The maximum absolute atomic E-state index is 5.63. The number of hydrogen-bond donors (Lipinski definition) is 0. The van der Waals surface area contributed by atoms with Crippen molar-refractivity contribution >= 4 is 28.0 Å². The first kappa shape index (κ1) is 10.7. The molecule has 86 valence electrons. The van der Waals surface area contributed by atoms with Crippen molar-refractivity contribution in [1.29, 1.82) is 0 Å². The van der Waals surface area contributed by atoms with Crippen LogP contribution in [0.1, 0.15) is 4.88 Å². The van der Waals surface area contributed by atoms with Crippen molar-refractivity contribution in [1.82, 2.24) is 0 Å². The summed E-state index contributed by atoms with van der Waals surface area (Å²) in [5.41, 5.74) is 0. The van der Waals surface area contributed by atoms with E-state index in [4.69, 9.17) is 9.47 Å². The van der Waals surface area contributed by atoms with Crippen molar-refractivity contribution < 1.29 is 9.47 Å². The quantitative estimate of drug-likeness (QED) is 0.806. The molecule has 0 spiro atoms. The van der Waals surface area contributed by atoms with Crippen LogP contribution in [0.4, 0.5) is 0 Å². The first-order chi connectivity index (χ1) is 8.36. The second-order valence-corrected chi connectivity index (χ2v) is 5.52. The lowest BCUT2D eigenvalue weighted by Crippen LogP contribution is -1.94. The van der Waals surface area contributed by atoms with Crippen LogP contribution in [0.5, 0.6) is 11.5 Å². The normalized spacial score (nSPS) is 13.6. The Kier molecular flexibility index (Phi) is 2.82. The van der Waals surface area contributed by atoms with E-state index in [-0.39, 0.29) is 0 Å². The summed E-state index contributed by atoms with van der Waals surface area (Å²) in [5.74, 6) is 1.74. The smallest absolute Gasteiger partial charge is 0.140 e. The highest BCUT2D eigenvalue weighted by atomic mass is 32.2. The Hall–Kier alpha value is -1.39. The van der Waals surface area contributed by atoms with Gasteiger partial charge in [-0.3, -0.25) is 0 Å². The molecule has 2 aromatic rings. The molecule has 0 bridgehead atoms. The molecule has 1 aromatic heterocycles. The number of rotatable bonds is 2. The van der Waals surface area contributed by atoms with Crippen LogP contribution in [0.2, 0.25) is 0 Å². The van der Waals surface area contributed by atoms with Gasteiger partial charge in [0.15, 0.2) is 0 Å². The van der Waals surface area contributed by atoms with Crippen LogP contribution < -0.4 is 9.47 Å². The fourth-order valence-electron chi connectivity index (χ4n) is 1.58. The molecular weight excluding hydrogens is 252 g/mol. The number of methoxy groups -OCH3 is 1. The van der Waals surface area contributed by atoms with Gasteiger partial charge in [-0.1, -0.05) is 17.8 Å². The molecule has 1 aliphatic rings. The van der Waals surface area contributed by atoms with Crippen molar-refractivity contribution in [2.45, 2.75) is 4.90 Å². The molecule has 0 radical (unpaired) electrons. The van der Waals surface area contributed by atoms with E-state index in [1.807, 2.05) is 30.5 Å². The van der Waals surface area contributed by atoms with E-state index in [0.29, 0.717) is 0 Å². The zero-order valence-electron chi connectivity index (χ0n) is 9.17. The van der Waals surface area contributed by atoms with Crippen LogP contribution >= 0.6 is 23.1 Å². The minimum absolute atomic E-state index is 0.854. The number of ether oxygens (including phenoxy) is 2. The topological polar surface area (TPSA) is 18.5 Å². The summed E-state index contributed by atoms with van der Waals surface area (Å²) in [4.78, 5) is 3.46. The SMILES string of the molecule is COc1ccc2c(c1)SC(c1cccs1)=CO2. The standard InChI is InChI=1S/C13H10O2S2/c1-14-9-4-5-10-12(7-9)17-13(8-15-10)11-3-2-6-16-11/h2-8H,1H3. The Morgan fingerprint density at radius 2 is 2.18 bits per heavy atom. The zero-order valence-corrected chi connectivity index (χ0v) is 10.8. The van der Waals surface area contributed by atoms with Crippen molar-refractivity contribution in [3.63, 3.8) is 0 Å². The minimum atomic E-state index is 0.854. The van der Waals surface area contributed by atoms with Crippen molar-refractivity contribution in [2.24, 2.45) is 0 Å². The van der Waals surface area contributed by atoms with Gasteiger partial charge in [-0.15, -0.1) is 11.3 Å². The largest absolute Gasteiger partial charge is 0.497 e. The number of thiophene rings is 1. The second kappa shape index (κ2) is 4.47. The molecule has 1 aromatic carbocycles. The van der Waals surface area contributed by atoms with Crippen LogP contribution in [-0.2, 0) is 0 Å². The van der Waals surface area contributed by atoms with Gasteiger partial charge in [-0.05, 0) is 29.6 Å². The van der Waals surface area contributed by atoms with Gasteiger partial charge in [0.1, 0.15) is 17.8 Å². The molecule has 4 heteroatoms. The van der Waals surface area contributed by atoms with Gasteiger partial charge in [0.2, 0.25) is 0 Å². The molecule has 0 unspecified atom stereocenters. The number of fused-ring (bicyclic) bond motifs is 1. The van der Waals surface area contributed by atoms with Crippen LogP contribution in [0, 0.1) is 0 Å². The molecule has 0 atom stereocenters. The maximum atomic E-state index is 5.63. The summed E-state index contributed by atoms with van der Waals surface area (Å²) in [5, 5.41) is 2.07. The summed E-state index contributed by atoms with van der Waals surface area (Å²) in [7, 11) is 1.67. The van der Waals surface area contributed by atoms with Crippen LogP contribution in [0.3, 0.4) is 0 Å². The molecule has 0 saturated heterocycles. The van der Waals surface area contributed by atoms with Crippen LogP contribution in [0.15, 0.2) is 46.9 Å². The Morgan fingerprint density at radius 3 is 2.94 bits per heavy atom. The maximum Gasteiger partial charge on any atom is 0.140 e. The number of benzene rings is 1. The third-order valence-electron chi connectivity index (χ3n) is 2.43. The summed E-state index contributed by atoms with van der Waals surface area (Å²) in [6.45, 7) is 0. The van der Waals surface area contributed by atoms with Crippen molar-refractivity contribution in [3.05, 3.63) is 46.9 Å². The van der Waals surface area contributed by atoms with Crippen LogP contribution in [-0.4, -0.2) is 7.11 Å². The van der Waals surface area contributed by atoms with Gasteiger partial charge in [-0.25, -0.2) is 0 Å².